The van der Waals surface area contributed by atoms with Gasteiger partial charge in [0.05, 0.1) is 6.33 Å². The molecular formula is C12H22FNO6. The molecule has 0 bridgehead atoms. The van der Waals surface area contributed by atoms with Crippen LogP contribution in [0.5, 0.6) is 0 Å². The van der Waals surface area contributed by atoms with Crippen LogP contribution in [0.25, 0.3) is 0 Å². The highest BCUT2D eigenvalue weighted by atomic mass is 19.1. The predicted octanol–water partition coefficient (Wildman–Crippen LogP) is -1.06. The van der Waals surface area contributed by atoms with Crippen molar-refractivity contribution in [3.05, 3.63) is 11.9 Å². The minimum Gasteiger partial charge on any atom is -0.368 e. The molecule has 0 amide bonds. The lowest BCUT2D eigenvalue weighted by atomic mass is 10.1. The second-order valence-corrected chi connectivity index (χ2v) is 5.47. The van der Waals surface area contributed by atoms with Crippen LogP contribution in [0.15, 0.2) is 11.9 Å². The highest BCUT2D eigenvalue weighted by Gasteiger charge is 2.60. The first-order valence-corrected chi connectivity index (χ1v) is 6.38. The van der Waals surface area contributed by atoms with E-state index in [-0.39, 0.29) is 30.7 Å². The van der Waals surface area contributed by atoms with Gasteiger partial charge in [0.1, 0.15) is 0 Å². The number of hydrogen-bond donors (Lipinski definition) is 6. The topological polar surface area (TPSA) is 125 Å². The minimum absolute atomic E-state index is 0.0279. The maximum absolute atomic E-state index is 12.3. The summed E-state index contributed by atoms with van der Waals surface area (Å²) in [5.74, 6) is -4.89. The molecule has 0 aromatic heterocycles. The van der Waals surface area contributed by atoms with Crippen LogP contribution < -0.4 is 0 Å². The van der Waals surface area contributed by atoms with Gasteiger partial charge in [0.15, 0.2) is 6.29 Å². The Bertz CT molecular complexity index is 363. The Hall–Kier alpha value is -0.610. The van der Waals surface area contributed by atoms with Crippen LogP contribution in [0.2, 0.25) is 0 Å². The molecule has 2 rings (SSSR count). The molecule has 20 heavy (non-hydrogen) atoms. The predicted molar refractivity (Wildman–Crippen MR) is 66.1 cm³/mol. The van der Waals surface area contributed by atoms with Gasteiger partial charge in [-0.15, -0.1) is 0 Å². The highest BCUT2D eigenvalue weighted by molar-refractivity contribution is 5.20. The Labute approximate surface area is 116 Å². The SMILES string of the molecule is CC(C)C(O)O.OC1(O)CCC2C/C(=C/F)C(O)(O)N21. The number of aliphatic hydroxyl groups is 6. The van der Waals surface area contributed by atoms with Gasteiger partial charge >= 0.3 is 0 Å². The molecule has 1 atom stereocenters. The summed E-state index contributed by atoms with van der Waals surface area (Å²) >= 11 is 0. The summed E-state index contributed by atoms with van der Waals surface area (Å²) in [5, 5.41) is 54.2. The summed E-state index contributed by atoms with van der Waals surface area (Å²) in [4.78, 5) is 0.728. The molecule has 6 N–H and O–H groups in total. The van der Waals surface area contributed by atoms with Crippen LogP contribution in [0, 0.1) is 5.92 Å². The molecule has 2 fully saturated rings. The zero-order valence-corrected chi connectivity index (χ0v) is 11.4. The lowest BCUT2D eigenvalue weighted by molar-refractivity contribution is -0.351. The van der Waals surface area contributed by atoms with Crippen LogP contribution in [0.1, 0.15) is 33.1 Å². The number of halogens is 1. The van der Waals surface area contributed by atoms with Crippen molar-refractivity contribution in [3.8, 4) is 0 Å². The summed E-state index contributed by atoms with van der Waals surface area (Å²) in [6, 6.07) is -0.429. The monoisotopic (exact) mass is 295 g/mol. The first-order valence-electron chi connectivity index (χ1n) is 6.38. The first-order chi connectivity index (χ1) is 9.04. The molecule has 118 valence electrons. The lowest BCUT2D eigenvalue weighted by Crippen LogP contribution is -2.57. The third kappa shape index (κ3) is 3.34. The largest absolute Gasteiger partial charge is 0.368 e. The third-order valence-electron chi connectivity index (χ3n) is 3.51. The van der Waals surface area contributed by atoms with Crippen LogP contribution in [-0.4, -0.2) is 59.7 Å². The van der Waals surface area contributed by atoms with E-state index in [9.17, 15) is 24.8 Å². The van der Waals surface area contributed by atoms with Crippen molar-refractivity contribution in [2.45, 2.75) is 57.3 Å². The summed E-state index contributed by atoms with van der Waals surface area (Å²) in [6.07, 6.45) is -0.515. The van der Waals surface area contributed by atoms with Crippen molar-refractivity contribution in [2.75, 3.05) is 0 Å². The quantitative estimate of drug-likeness (QED) is 0.341. The smallest absolute Gasteiger partial charge is 0.256 e. The Kier molecular flexibility index (Phi) is 5.25. The summed E-state index contributed by atoms with van der Waals surface area (Å²) in [7, 11) is 0. The van der Waals surface area contributed by atoms with E-state index in [4.69, 9.17) is 10.2 Å². The number of fused-ring (bicyclic) bond motifs is 1. The Balaban J connectivity index is 0.000000286. The van der Waals surface area contributed by atoms with Gasteiger partial charge in [-0.05, 0) is 12.8 Å². The zero-order valence-electron chi connectivity index (χ0n) is 11.4. The summed E-state index contributed by atoms with van der Waals surface area (Å²) < 4.78 is 12.3. The Morgan fingerprint density at radius 1 is 1.25 bits per heavy atom. The number of aliphatic hydroxyl groups excluding tert-OH is 1. The molecule has 7 nitrogen and oxygen atoms in total. The van der Waals surface area contributed by atoms with Gasteiger partial charge in [0.2, 0.25) is 5.91 Å². The second-order valence-electron chi connectivity index (χ2n) is 5.47. The fraction of sp³-hybridized carbons (Fsp3) is 0.833. The number of hydrogen-bond acceptors (Lipinski definition) is 7. The molecule has 2 saturated heterocycles. The molecule has 0 aromatic rings. The van der Waals surface area contributed by atoms with E-state index in [1.807, 2.05) is 0 Å². The molecule has 2 aliphatic rings. The average Bonchev–Trinajstić information content (AvgIpc) is 2.75. The Morgan fingerprint density at radius 3 is 2.10 bits per heavy atom. The maximum Gasteiger partial charge on any atom is 0.256 e. The second kappa shape index (κ2) is 6.02. The van der Waals surface area contributed by atoms with Crippen LogP contribution in [0.4, 0.5) is 4.39 Å². The van der Waals surface area contributed by atoms with E-state index < -0.39 is 24.2 Å². The Morgan fingerprint density at radius 2 is 1.75 bits per heavy atom. The van der Waals surface area contributed by atoms with E-state index in [2.05, 4.69) is 0 Å². The molecule has 0 aliphatic carbocycles. The molecule has 8 heteroatoms. The van der Waals surface area contributed by atoms with Crippen LogP contribution >= 0.6 is 0 Å². The average molecular weight is 295 g/mol. The van der Waals surface area contributed by atoms with Crippen molar-refractivity contribution < 1.29 is 35.0 Å². The van der Waals surface area contributed by atoms with Crippen LogP contribution in [0.3, 0.4) is 0 Å². The van der Waals surface area contributed by atoms with Gasteiger partial charge in [-0.3, -0.25) is 0 Å². The van der Waals surface area contributed by atoms with E-state index in [1.54, 1.807) is 13.8 Å². The van der Waals surface area contributed by atoms with Crippen molar-refractivity contribution in [3.63, 3.8) is 0 Å². The van der Waals surface area contributed by atoms with Crippen LogP contribution in [-0.2, 0) is 0 Å². The van der Waals surface area contributed by atoms with Gasteiger partial charge in [-0.1, -0.05) is 13.8 Å². The normalized spacial score (nSPS) is 29.8. The van der Waals surface area contributed by atoms with E-state index in [0.29, 0.717) is 6.42 Å². The molecule has 0 aromatic carbocycles. The standard InChI is InChI=1S/C8H12FNO4.C4H10O2/c9-4-5-3-6-1-2-7(11,12)10(6)8(5,13)14;1-3(2)4(5)6/h4,6,11-14H,1-3H2;3-6H,1-2H3/b5-4-;. The summed E-state index contributed by atoms with van der Waals surface area (Å²) in [5.41, 5.74) is -0.241. The van der Waals surface area contributed by atoms with Gasteiger partial charge in [-0.25, -0.2) is 4.39 Å². The zero-order chi connectivity index (χ0) is 15.7. The molecule has 1 unspecified atom stereocenters. The van der Waals surface area contributed by atoms with Crippen molar-refractivity contribution in [1.82, 2.24) is 4.90 Å². The molecule has 0 saturated carbocycles. The molecular weight excluding hydrogens is 273 g/mol. The molecule has 2 aliphatic heterocycles. The maximum atomic E-state index is 12.3. The fourth-order valence-electron chi connectivity index (χ4n) is 2.26. The van der Waals surface area contributed by atoms with Gasteiger partial charge in [-0.2, -0.15) is 4.90 Å². The van der Waals surface area contributed by atoms with Crippen molar-refractivity contribution >= 4 is 0 Å². The van der Waals surface area contributed by atoms with E-state index in [1.165, 1.54) is 0 Å². The van der Waals surface area contributed by atoms with Gasteiger partial charge in [0, 0.05) is 24.0 Å². The molecule has 0 radical (unpaired) electrons. The highest BCUT2D eigenvalue weighted by Crippen LogP contribution is 2.46. The molecule has 0 spiro atoms. The fourth-order valence-corrected chi connectivity index (χ4v) is 2.26. The molecule has 2 heterocycles. The first kappa shape index (κ1) is 17.4. The van der Waals surface area contributed by atoms with Gasteiger partial charge < -0.3 is 30.6 Å². The van der Waals surface area contributed by atoms with Gasteiger partial charge in [0.25, 0.3) is 5.91 Å². The summed E-state index contributed by atoms with van der Waals surface area (Å²) in [6.45, 7) is 3.48. The van der Waals surface area contributed by atoms with Crippen molar-refractivity contribution in [1.29, 1.82) is 0 Å². The third-order valence-corrected chi connectivity index (χ3v) is 3.51. The number of rotatable bonds is 1. The van der Waals surface area contributed by atoms with E-state index >= 15 is 0 Å². The minimum atomic E-state index is -2.58. The lowest BCUT2D eigenvalue weighted by Gasteiger charge is -2.35. The van der Waals surface area contributed by atoms with Crippen molar-refractivity contribution in [2.24, 2.45) is 5.92 Å². The van der Waals surface area contributed by atoms with E-state index in [0.717, 1.165) is 4.90 Å². The number of nitrogens with zero attached hydrogens (tertiary/aromatic N) is 1.